The number of nitrogens with zero attached hydrogens (tertiary/aromatic N) is 1. The molecular weight excluding hydrogens is 193 g/mol. The van der Waals surface area contributed by atoms with Crippen LogP contribution in [0.1, 0.15) is 24.5 Å². The summed E-state index contributed by atoms with van der Waals surface area (Å²) in [5.74, 6) is -0.265. The van der Waals surface area contributed by atoms with Gasteiger partial charge in [0.1, 0.15) is 5.82 Å². The van der Waals surface area contributed by atoms with Crippen molar-refractivity contribution in [2.24, 2.45) is 0 Å². The summed E-state index contributed by atoms with van der Waals surface area (Å²) < 4.78 is 12.6. The van der Waals surface area contributed by atoms with Crippen molar-refractivity contribution in [2.45, 2.75) is 18.9 Å². The van der Waals surface area contributed by atoms with Crippen LogP contribution in [0.15, 0.2) is 24.3 Å². The van der Waals surface area contributed by atoms with Crippen LogP contribution in [-0.2, 0) is 0 Å². The molecule has 0 aromatic heterocycles. The average Bonchev–Trinajstić information content (AvgIpc) is 2.18. The highest BCUT2D eigenvalue weighted by molar-refractivity contribution is 5.18. The number of rotatable bonds is 5. The predicted octanol–water partition coefficient (Wildman–Crippen LogP) is 2.20. The first-order chi connectivity index (χ1) is 7.09. The molecule has 0 radical (unpaired) electrons. The first kappa shape index (κ1) is 12.1. The monoisotopic (exact) mass is 211 g/mol. The minimum absolute atomic E-state index is 0.265. The van der Waals surface area contributed by atoms with E-state index >= 15 is 0 Å². The topological polar surface area (TPSA) is 23.5 Å². The zero-order valence-electron chi connectivity index (χ0n) is 9.28. The van der Waals surface area contributed by atoms with Crippen LogP contribution in [0.5, 0.6) is 0 Å². The van der Waals surface area contributed by atoms with Crippen LogP contribution in [0.4, 0.5) is 4.39 Å². The largest absolute Gasteiger partial charge is 0.388 e. The average molecular weight is 211 g/mol. The molecule has 0 unspecified atom stereocenters. The SMILES string of the molecule is CN(C)CCC[C@H](O)c1ccc(F)cc1. The van der Waals surface area contributed by atoms with Gasteiger partial charge in [0, 0.05) is 0 Å². The summed E-state index contributed by atoms with van der Waals surface area (Å²) in [6, 6.07) is 6.03. The smallest absolute Gasteiger partial charge is 0.123 e. The van der Waals surface area contributed by atoms with Crippen molar-refractivity contribution in [3.8, 4) is 0 Å². The lowest BCUT2D eigenvalue weighted by Gasteiger charge is -2.13. The Labute approximate surface area is 90.3 Å². The van der Waals surface area contributed by atoms with Crippen LogP contribution < -0.4 is 0 Å². The standard InChI is InChI=1S/C12H18FNO/c1-14(2)9-3-4-12(15)10-5-7-11(13)8-6-10/h5-8,12,15H,3-4,9H2,1-2H3/t12-/m0/s1. The first-order valence-corrected chi connectivity index (χ1v) is 5.18. The van der Waals surface area contributed by atoms with Gasteiger partial charge in [0.15, 0.2) is 0 Å². The highest BCUT2D eigenvalue weighted by Crippen LogP contribution is 2.18. The molecule has 1 aromatic carbocycles. The van der Waals surface area contributed by atoms with Crippen LogP contribution in [0.2, 0.25) is 0 Å². The number of halogens is 1. The van der Waals surface area contributed by atoms with Gasteiger partial charge in [-0.2, -0.15) is 0 Å². The summed E-state index contributed by atoms with van der Waals surface area (Å²) in [7, 11) is 4.01. The van der Waals surface area contributed by atoms with Gasteiger partial charge < -0.3 is 10.0 Å². The highest BCUT2D eigenvalue weighted by Gasteiger charge is 2.07. The number of benzene rings is 1. The van der Waals surface area contributed by atoms with E-state index in [4.69, 9.17) is 0 Å². The molecule has 0 saturated heterocycles. The zero-order chi connectivity index (χ0) is 11.3. The fourth-order valence-corrected chi connectivity index (χ4v) is 1.45. The lowest BCUT2D eigenvalue weighted by atomic mass is 10.0. The number of aliphatic hydroxyl groups excluding tert-OH is 1. The molecule has 1 rings (SSSR count). The fourth-order valence-electron chi connectivity index (χ4n) is 1.45. The summed E-state index contributed by atoms with van der Waals surface area (Å²) in [5.41, 5.74) is 0.787. The van der Waals surface area contributed by atoms with Crippen molar-refractivity contribution < 1.29 is 9.50 Å². The molecule has 0 amide bonds. The van der Waals surface area contributed by atoms with Gasteiger partial charge in [0.25, 0.3) is 0 Å². The third-order valence-corrected chi connectivity index (χ3v) is 2.34. The Bertz CT molecular complexity index is 284. The summed E-state index contributed by atoms with van der Waals surface area (Å²) >= 11 is 0. The molecule has 1 N–H and O–H groups in total. The molecule has 0 aliphatic carbocycles. The van der Waals surface area contributed by atoms with Gasteiger partial charge in [-0.1, -0.05) is 12.1 Å². The molecule has 0 saturated carbocycles. The van der Waals surface area contributed by atoms with Crippen LogP contribution in [0.3, 0.4) is 0 Å². The lowest BCUT2D eigenvalue weighted by Crippen LogP contribution is -2.13. The highest BCUT2D eigenvalue weighted by atomic mass is 19.1. The van der Waals surface area contributed by atoms with Crippen LogP contribution in [0.25, 0.3) is 0 Å². The van der Waals surface area contributed by atoms with Crippen molar-refractivity contribution in [1.29, 1.82) is 0 Å². The first-order valence-electron chi connectivity index (χ1n) is 5.18. The Balaban J connectivity index is 2.40. The maximum atomic E-state index is 12.6. The summed E-state index contributed by atoms with van der Waals surface area (Å²) in [5, 5.41) is 9.78. The van der Waals surface area contributed by atoms with Crippen LogP contribution >= 0.6 is 0 Å². The number of hydrogen-bond acceptors (Lipinski definition) is 2. The second kappa shape index (κ2) is 5.83. The van der Waals surface area contributed by atoms with Crippen molar-refractivity contribution >= 4 is 0 Å². The third-order valence-electron chi connectivity index (χ3n) is 2.34. The van der Waals surface area contributed by atoms with E-state index in [0.717, 1.165) is 18.5 Å². The van der Waals surface area contributed by atoms with E-state index in [9.17, 15) is 9.50 Å². The maximum Gasteiger partial charge on any atom is 0.123 e. The molecule has 1 atom stereocenters. The Hall–Kier alpha value is -0.930. The van der Waals surface area contributed by atoms with E-state index in [2.05, 4.69) is 4.90 Å². The van der Waals surface area contributed by atoms with Gasteiger partial charge in [-0.15, -0.1) is 0 Å². The van der Waals surface area contributed by atoms with Crippen molar-refractivity contribution in [3.05, 3.63) is 35.6 Å². The molecule has 15 heavy (non-hydrogen) atoms. The van der Waals surface area contributed by atoms with Gasteiger partial charge in [-0.05, 0) is 51.2 Å². The molecule has 0 aliphatic rings. The molecule has 1 aromatic rings. The van der Waals surface area contributed by atoms with E-state index < -0.39 is 6.10 Å². The minimum atomic E-state index is -0.481. The molecule has 0 heterocycles. The van der Waals surface area contributed by atoms with Crippen LogP contribution in [-0.4, -0.2) is 30.6 Å². The minimum Gasteiger partial charge on any atom is -0.388 e. The third kappa shape index (κ3) is 4.40. The Morgan fingerprint density at radius 2 is 1.87 bits per heavy atom. The molecule has 0 fully saturated rings. The van der Waals surface area contributed by atoms with E-state index in [1.54, 1.807) is 12.1 Å². The molecular formula is C12H18FNO. The lowest BCUT2D eigenvalue weighted by molar-refractivity contribution is 0.160. The fraction of sp³-hybridized carbons (Fsp3) is 0.500. The van der Waals surface area contributed by atoms with Gasteiger partial charge in [0.05, 0.1) is 6.10 Å². The van der Waals surface area contributed by atoms with Crippen molar-refractivity contribution in [3.63, 3.8) is 0 Å². The molecule has 0 aliphatic heterocycles. The van der Waals surface area contributed by atoms with Crippen LogP contribution in [0, 0.1) is 5.82 Å². The summed E-state index contributed by atoms with van der Waals surface area (Å²) in [4.78, 5) is 2.08. The molecule has 0 spiro atoms. The summed E-state index contributed by atoms with van der Waals surface area (Å²) in [6.07, 6.45) is 1.17. The normalized spacial score (nSPS) is 13.1. The Morgan fingerprint density at radius 3 is 2.40 bits per heavy atom. The maximum absolute atomic E-state index is 12.6. The van der Waals surface area contributed by atoms with E-state index in [-0.39, 0.29) is 5.82 Å². The second-order valence-electron chi connectivity index (χ2n) is 4.01. The van der Waals surface area contributed by atoms with E-state index in [1.807, 2.05) is 14.1 Å². The molecule has 0 bridgehead atoms. The van der Waals surface area contributed by atoms with Crippen molar-refractivity contribution in [2.75, 3.05) is 20.6 Å². The van der Waals surface area contributed by atoms with Gasteiger partial charge in [-0.25, -0.2) is 4.39 Å². The van der Waals surface area contributed by atoms with Gasteiger partial charge in [-0.3, -0.25) is 0 Å². The quantitative estimate of drug-likeness (QED) is 0.807. The molecule has 2 nitrogen and oxygen atoms in total. The zero-order valence-corrected chi connectivity index (χ0v) is 9.28. The van der Waals surface area contributed by atoms with E-state index in [1.165, 1.54) is 12.1 Å². The second-order valence-corrected chi connectivity index (χ2v) is 4.01. The van der Waals surface area contributed by atoms with Gasteiger partial charge in [0.2, 0.25) is 0 Å². The Morgan fingerprint density at radius 1 is 1.27 bits per heavy atom. The number of hydrogen-bond donors (Lipinski definition) is 1. The predicted molar refractivity (Wildman–Crippen MR) is 59.1 cm³/mol. The van der Waals surface area contributed by atoms with Gasteiger partial charge >= 0.3 is 0 Å². The number of aliphatic hydroxyl groups is 1. The molecule has 84 valence electrons. The molecule has 3 heteroatoms. The van der Waals surface area contributed by atoms with Crippen molar-refractivity contribution in [1.82, 2.24) is 4.90 Å². The Kier molecular flexibility index (Phi) is 4.72. The summed E-state index contributed by atoms with van der Waals surface area (Å²) in [6.45, 7) is 0.957. The van der Waals surface area contributed by atoms with E-state index in [0.29, 0.717) is 6.42 Å².